The van der Waals surface area contributed by atoms with E-state index >= 15 is 0 Å². The molecular weight excluding hydrogens is 262 g/mol. The monoisotopic (exact) mass is 285 g/mol. The Morgan fingerprint density at radius 1 is 1.00 bits per heavy atom. The van der Waals surface area contributed by atoms with E-state index < -0.39 is 15.1 Å². The summed E-state index contributed by atoms with van der Waals surface area (Å²) in [4.78, 5) is 14.6. The van der Waals surface area contributed by atoms with Crippen molar-refractivity contribution in [3.8, 4) is 0 Å². The molecule has 0 aromatic carbocycles. The van der Waals surface area contributed by atoms with Crippen molar-refractivity contribution in [2.45, 2.75) is 62.7 Å². The van der Waals surface area contributed by atoms with E-state index in [0.717, 1.165) is 32.2 Å². The fourth-order valence-corrected chi connectivity index (χ4v) is 4.97. The van der Waals surface area contributed by atoms with Gasteiger partial charge in [-0.2, -0.15) is 0 Å². The average Bonchev–Trinajstić information content (AvgIpc) is 3.08. The highest BCUT2D eigenvalue weighted by atomic mass is 32.2. The third kappa shape index (κ3) is 2.81. The highest BCUT2D eigenvalue weighted by Crippen LogP contribution is 2.35. The molecule has 4 nitrogen and oxygen atoms in total. The van der Waals surface area contributed by atoms with Gasteiger partial charge in [0.1, 0.15) is 5.25 Å². The van der Waals surface area contributed by atoms with Gasteiger partial charge in [0.05, 0.1) is 5.75 Å². The summed E-state index contributed by atoms with van der Waals surface area (Å²) in [5, 5.41) is -0.736. The van der Waals surface area contributed by atoms with E-state index in [-0.39, 0.29) is 11.7 Å². The van der Waals surface area contributed by atoms with E-state index in [9.17, 15) is 13.2 Å². The predicted octanol–water partition coefficient (Wildman–Crippen LogP) is 1.74. The minimum absolute atomic E-state index is 0.0868. The molecular formula is C14H23NO3S. The molecule has 3 fully saturated rings. The summed E-state index contributed by atoms with van der Waals surface area (Å²) in [6.07, 6.45) is 7.83. The molecule has 0 N–H and O–H groups in total. The molecule has 0 aromatic rings. The third-order valence-corrected chi connectivity index (χ3v) is 6.97. The quantitative estimate of drug-likeness (QED) is 0.790. The fraction of sp³-hybridized carbons (Fsp3) is 0.929. The second-order valence-electron chi connectivity index (χ2n) is 6.37. The molecule has 3 aliphatic rings. The van der Waals surface area contributed by atoms with Crippen molar-refractivity contribution in [1.82, 2.24) is 4.90 Å². The summed E-state index contributed by atoms with van der Waals surface area (Å²) in [6, 6.07) is 0.324. The maximum absolute atomic E-state index is 12.7. The van der Waals surface area contributed by atoms with Crippen LogP contribution in [-0.4, -0.2) is 42.8 Å². The Bertz CT molecular complexity index is 451. The minimum atomic E-state index is -3.19. The van der Waals surface area contributed by atoms with Gasteiger partial charge in [-0.25, -0.2) is 8.42 Å². The molecule has 2 saturated carbocycles. The summed E-state index contributed by atoms with van der Waals surface area (Å²) in [6.45, 7) is 0.801. The first-order valence-corrected chi connectivity index (χ1v) is 9.31. The largest absolute Gasteiger partial charge is 0.338 e. The Balaban J connectivity index is 1.74. The van der Waals surface area contributed by atoms with Gasteiger partial charge in [0, 0.05) is 12.6 Å². The zero-order valence-corrected chi connectivity index (χ0v) is 12.2. The molecule has 1 atom stereocenters. The number of carbonyl (C=O) groups excluding carboxylic acids is 1. The Labute approximate surface area is 115 Å². The predicted molar refractivity (Wildman–Crippen MR) is 73.5 cm³/mol. The topological polar surface area (TPSA) is 54.5 Å². The summed E-state index contributed by atoms with van der Waals surface area (Å²) >= 11 is 0. The van der Waals surface area contributed by atoms with Crippen molar-refractivity contribution in [1.29, 1.82) is 0 Å². The van der Waals surface area contributed by atoms with Crippen LogP contribution in [0, 0.1) is 5.92 Å². The van der Waals surface area contributed by atoms with E-state index in [1.165, 1.54) is 19.3 Å². The number of rotatable bonds is 4. The highest BCUT2D eigenvalue weighted by Gasteiger charge is 2.42. The molecule has 0 aromatic heterocycles. The van der Waals surface area contributed by atoms with E-state index in [0.29, 0.717) is 18.4 Å². The fourth-order valence-electron chi connectivity index (χ4n) is 3.11. The van der Waals surface area contributed by atoms with Crippen LogP contribution in [0.5, 0.6) is 0 Å². The molecule has 0 radical (unpaired) electrons. The highest BCUT2D eigenvalue weighted by molar-refractivity contribution is 7.92. The van der Waals surface area contributed by atoms with Gasteiger partial charge in [-0.3, -0.25) is 4.79 Å². The van der Waals surface area contributed by atoms with Crippen molar-refractivity contribution >= 4 is 15.7 Å². The zero-order valence-electron chi connectivity index (χ0n) is 11.4. The van der Waals surface area contributed by atoms with Gasteiger partial charge in [-0.1, -0.05) is 6.42 Å². The van der Waals surface area contributed by atoms with Crippen molar-refractivity contribution in [3.05, 3.63) is 0 Å². The molecule has 1 heterocycles. The second kappa shape index (κ2) is 5.08. The smallest absolute Gasteiger partial charge is 0.241 e. The third-order valence-electron chi connectivity index (χ3n) is 4.80. The first-order chi connectivity index (χ1) is 9.08. The van der Waals surface area contributed by atoms with Crippen LogP contribution in [0.2, 0.25) is 0 Å². The van der Waals surface area contributed by atoms with Crippen LogP contribution < -0.4 is 0 Å². The van der Waals surface area contributed by atoms with Gasteiger partial charge in [0.25, 0.3) is 0 Å². The summed E-state index contributed by atoms with van der Waals surface area (Å²) < 4.78 is 24.2. The maximum Gasteiger partial charge on any atom is 0.241 e. The summed E-state index contributed by atoms with van der Waals surface area (Å²) in [5.41, 5.74) is 0. The zero-order chi connectivity index (χ0) is 13.5. The lowest BCUT2D eigenvalue weighted by Crippen LogP contribution is -2.52. The van der Waals surface area contributed by atoms with E-state index in [1.807, 2.05) is 4.90 Å². The van der Waals surface area contributed by atoms with Gasteiger partial charge >= 0.3 is 0 Å². The Kier molecular flexibility index (Phi) is 3.58. The molecule has 3 rings (SSSR count). The van der Waals surface area contributed by atoms with Crippen LogP contribution in [0.1, 0.15) is 51.4 Å². The van der Waals surface area contributed by atoms with Crippen LogP contribution in [0.3, 0.4) is 0 Å². The van der Waals surface area contributed by atoms with Crippen molar-refractivity contribution < 1.29 is 13.2 Å². The molecule has 1 saturated heterocycles. The van der Waals surface area contributed by atoms with Crippen LogP contribution in [-0.2, 0) is 14.6 Å². The van der Waals surface area contributed by atoms with Gasteiger partial charge in [-0.05, 0) is 50.9 Å². The van der Waals surface area contributed by atoms with Crippen LogP contribution in [0.25, 0.3) is 0 Å². The van der Waals surface area contributed by atoms with Gasteiger partial charge in [0.15, 0.2) is 9.84 Å². The Morgan fingerprint density at radius 3 is 2.26 bits per heavy atom. The molecule has 1 aliphatic heterocycles. The number of amides is 1. The van der Waals surface area contributed by atoms with E-state index in [2.05, 4.69) is 0 Å². The molecule has 19 heavy (non-hydrogen) atoms. The second-order valence-corrected chi connectivity index (χ2v) is 8.67. The molecule has 5 heteroatoms. The average molecular weight is 285 g/mol. The molecule has 1 amide bonds. The normalized spacial score (nSPS) is 30.6. The van der Waals surface area contributed by atoms with Crippen molar-refractivity contribution in [2.75, 3.05) is 12.3 Å². The summed E-state index contributed by atoms with van der Waals surface area (Å²) in [5.74, 6) is 0.748. The van der Waals surface area contributed by atoms with E-state index in [1.54, 1.807) is 0 Å². The molecule has 0 bridgehead atoms. The molecule has 108 valence electrons. The first-order valence-electron chi connectivity index (χ1n) is 7.60. The number of sulfone groups is 1. The SMILES string of the molecule is O=C(C1CCCCS1(=O)=O)N(CC1CC1)C1CCC1. The van der Waals surface area contributed by atoms with Gasteiger partial charge in [-0.15, -0.1) is 0 Å². The lowest BCUT2D eigenvalue weighted by atomic mass is 9.90. The lowest BCUT2D eigenvalue weighted by Gasteiger charge is -2.40. The van der Waals surface area contributed by atoms with E-state index in [4.69, 9.17) is 0 Å². The Hall–Kier alpha value is -0.580. The Morgan fingerprint density at radius 2 is 1.74 bits per heavy atom. The first kappa shape index (κ1) is 13.4. The molecule has 1 unspecified atom stereocenters. The van der Waals surface area contributed by atoms with Gasteiger partial charge in [0.2, 0.25) is 5.91 Å². The van der Waals surface area contributed by atoms with Crippen molar-refractivity contribution in [2.24, 2.45) is 5.92 Å². The summed E-state index contributed by atoms with van der Waals surface area (Å²) in [7, 11) is -3.19. The van der Waals surface area contributed by atoms with Crippen molar-refractivity contribution in [3.63, 3.8) is 0 Å². The lowest BCUT2D eigenvalue weighted by molar-refractivity contribution is -0.135. The standard InChI is InChI=1S/C14H23NO3S/c16-14(13-6-1-2-9-19(13,17)18)15(10-11-7-8-11)12-4-3-5-12/h11-13H,1-10H2. The molecule has 0 spiro atoms. The minimum Gasteiger partial charge on any atom is -0.338 e. The van der Waals surface area contributed by atoms with Crippen LogP contribution in [0.15, 0.2) is 0 Å². The number of hydrogen-bond donors (Lipinski definition) is 0. The van der Waals surface area contributed by atoms with Gasteiger partial charge < -0.3 is 4.90 Å². The molecule has 2 aliphatic carbocycles. The van der Waals surface area contributed by atoms with Crippen LogP contribution in [0.4, 0.5) is 0 Å². The number of carbonyl (C=O) groups is 1. The maximum atomic E-state index is 12.7. The number of hydrogen-bond acceptors (Lipinski definition) is 3. The van der Waals surface area contributed by atoms with Crippen LogP contribution >= 0.6 is 0 Å². The number of nitrogens with zero attached hydrogens (tertiary/aromatic N) is 1.